The molecule has 1 aliphatic carbocycles. The molecule has 1 atom stereocenters. The Morgan fingerprint density at radius 3 is 2.83 bits per heavy atom. The highest BCUT2D eigenvalue weighted by Crippen LogP contribution is 2.33. The molecule has 29 heavy (non-hydrogen) atoms. The number of pyridine rings is 1. The van der Waals surface area contributed by atoms with Gasteiger partial charge in [0.2, 0.25) is 5.88 Å². The second-order valence-electron chi connectivity index (χ2n) is 7.32. The molecule has 7 nitrogen and oxygen atoms in total. The maximum absolute atomic E-state index is 12.1. The number of hydrogen-bond acceptors (Lipinski definition) is 6. The van der Waals surface area contributed by atoms with Crippen LogP contribution in [0.1, 0.15) is 33.6 Å². The monoisotopic (exact) mass is 392 g/mol. The second-order valence-corrected chi connectivity index (χ2v) is 7.32. The maximum atomic E-state index is 12.1. The molecule has 1 N–H and O–H groups in total. The molecule has 1 aliphatic rings. The minimum absolute atomic E-state index is 0.0432. The number of rotatable bonds is 5. The van der Waals surface area contributed by atoms with Crippen molar-refractivity contribution in [2.24, 2.45) is 0 Å². The Labute approximate surface area is 169 Å². The van der Waals surface area contributed by atoms with Crippen LogP contribution in [0.2, 0.25) is 0 Å². The van der Waals surface area contributed by atoms with E-state index in [1.807, 2.05) is 18.2 Å². The van der Waals surface area contributed by atoms with Crippen LogP contribution >= 0.6 is 0 Å². The molecule has 3 aromatic rings. The Balaban J connectivity index is 1.60. The predicted molar refractivity (Wildman–Crippen MR) is 108 cm³/mol. The van der Waals surface area contributed by atoms with Gasteiger partial charge in [0.05, 0.1) is 12.8 Å². The van der Waals surface area contributed by atoms with Crippen molar-refractivity contribution in [3.8, 4) is 11.7 Å². The normalized spacial score (nSPS) is 15.9. The predicted octanol–water partition coefficient (Wildman–Crippen LogP) is 2.75. The fourth-order valence-electron chi connectivity index (χ4n) is 3.90. The lowest BCUT2D eigenvalue weighted by atomic mass is 9.92. The van der Waals surface area contributed by atoms with E-state index in [0.717, 1.165) is 30.6 Å². The highest BCUT2D eigenvalue weighted by Gasteiger charge is 2.30. The molecule has 2 heterocycles. The van der Waals surface area contributed by atoms with Gasteiger partial charge < -0.3 is 9.84 Å². The van der Waals surface area contributed by atoms with Gasteiger partial charge in [0.15, 0.2) is 5.82 Å². The van der Waals surface area contributed by atoms with Crippen LogP contribution in [0.25, 0.3) is 5.82 Å². The Morgan fingerprint density at radius 1 is 1.28 bits per heavy atom. The molecule has 0 aliphatic heterocycles. The van der Waals surface area contributed by atoms with Gasteiger partial charge in [-0.05, 0) is 44.0 Å². The summed E-state index contributed by atoms with van der Waals surface area (Å²) < 4.78 is 6.19. The van der Waals surface area contributed by atoms with E-state index in [-0.39, 0.29) is 17.3 Å². The first-order valence-electron chi connectivity index (χ1n) is 9.66. The first kappa shape index (κ1) is 19.1. The van der Waals surface area contributed by atoms with Gasteiger partial charge in [0.1, 0.15) is 5.56 Å². The number of aromatic nitrogens is 3. The summed E-state index contributed by atoms with van der Waals surface area (Å²) in [5.41, 5.74) is 3.20. The standard InChI is InChI=1S/C22H24N4O3/c1-25(14-15-7-4-3-5-8-15)16-10-11-19-18(13-16)21(27)26(24-19)20-17(22(28)29-2)9-6-12-23-20/h3-9,12,16,27H,10-11,13-14H2,1-2H3. The third-order valence-corrected chi connectivity index (χ3v) is 5.48. The smallest absolute Gasteiger partial charge is 0.341 e. The maximum Gasteiger partial charge on any atom is 0.341 e. The number of aryl methyl sites for hydroxylation is 1. The molecule has 7 heteroatoms. The van der Waals surface area contributed by atoms with E-state index in [0.29, 0.717) is 12.5 Å². The largest absolute Gasteiger partial charge is 0.493 e. The average molecular weight is 392 g/mol. The van der Waals surface area contributed by atoms with E-state index >= 15 is 0 Å². The van der Waals surface area contributed by atoms with Gasteiger partial charge in [-0.15, -0.1) is 0 Å². The topological polar surface area (TPSA) is 80.5 Å². The van der Waals surface area contributed by atoms with Crippen molar-refractivity contribution in [3.05, 3.63) is 71.0 Å². The number of methoxy groups -OCH3 is 1. The molecule has 150 valence electrons. The Bertz CT molecular complexity index is 1020. The molecule has 4 rings (SSSR count). The number of esters is 1. The number of benzene rings is 1. The number of carbonyl (C=O) groups excluding carboxylic acids is 1. The number of likely N-dealkylation sites (N-methyl/N-ethyl adjacent to an activating group) is 1. The number of nitrogens with zero attached hydrogens (tertiary/aromatic N) is 4. The van der Waals surface area contributed by atoms with Crippen LogP contribution in [0.3, 0.4) is 0 Å². The lowest BCUT2D eigenvalue weighted by Crippen LogP contribution is -2.35. The molecule has 0 radical (unpaired) electrons. The van der Waals surface area contributed by atoms with Crippen LogP contribution in [0, 0.1) is 0 Å². The summed E-state index contributed by atoms with van der Waals surface area (Å²) in [6.07, 6.45) is 3.99. The van der Waals surface area contributed by atoms with E-state index in [9.17, 15) is 9.90 Å². The Hall–Kier alpha value is -3.19. The van der Waals surface area contributed by atoms with Crippen LogP contribution in [0.4, 0.5) is 0 Å². The molecule has 0 spiro atoms. The molecule has 0 amide bonds. The second kappa shape index (κ2) is 8.05. The van der Waals surface area contributed by atoms with Crippen LogP contribution in [-0.4, -0.2) is 50.9 Å². The van der Waals surface area contributed by atoms with Crippen molar-refractivity contribution in [2.45, 2.75) is 31.8 Å². The van der Waals surface area contributed by atoms with Crippen molar-refractivity contribution in [2.75, 3.05) is 14.2 Å². The summed E-state index contributed by atoms with van der Waals surface area (Å²) in [7, 11) is 3.43. The van der Waals surface area contributed by atoms with E-state index in [2.05, 4.69) is 34.2 Å². The Kier molecular flexibility index (Phi) is 5.31. The van der Waals surface area contributed by atoms with Crippen LogP contribution in [0.5, 0.6) is 5.88 Å². The Morgan fingerprint density at radius 2 is 2.07 bits per heavy atom. The number of carbonyl (C=O) groups is 1. The van der Waals surface area contributed by atoms with Crippen molar-refractivity contribution in [1.82, 2.24) is 19.7 Å². The van der Waals surface area contributed by atoms with Crippen LogP contribution in [-0.2, 0) is 24.1 Å². The number of hydrogen-bond donors (Lipinski definition) is 1. The SMILES string of the molecule is COC(=O)c1cccnc1-n1nc2c(c1O)CC(N(C)Cc1ccccc1)CC2. The van der Waals surface area contributed by atoms with E-state index in [4.69, 9.17) is 4.74 Å². The van der Waals surface area contributed by atoms with E-state index in [1.165, 1.54) is 17.4 Å². The minimum Gasteiger partial charge on any atom is -0.493 e. The summed E-state index contributed by atoms with van der Waals surface area (Å²) >= 11 is 0. The summed E-state index contributed by atoms with van der Waals surface area (Å²) in [5, 5.41) is 15.4. The molecule has 1 aromatic carbocycles. The van der Waals surface area contributed by atoms with Gasteiger partial charge in [-0.2, -0.15) is 9.78 Å². The third kappa shape index (κ3) is 3.73. The zero-order valence-corrected chi connectivity index (χ0v) is 16.6. The third-order valence-electron chi connectivity index (χ3n) is 5.48. The summed E-state index contributed by atoms with van der Waals surface area (Å²) in [4.78, 5) is 18.7. The molecular formula is C22H24N4O3. The molecule has 2 aromatic heterocycles. The van der Waals surface area contributed by atoms with Crippen molar-refractivity contribution < 1.29 is 14.6 Å². The van der Waals surface area contributed by atoms with Gasteiger partial charge in [-0.3, -0.25) is 4.90 Å². The van der Waals surface area contributed by atoms with Crippen LogP contribution in [0.15, 0.2) is 48.7 Å². The lowest BCUT2D eigenvalue weighted by molar-refractivity contribution is 0.0600. The zero-order chi connectivity index (χ0) is 20.4. The summed E-state index contributed by atoms with van der Waals surface area (Å²) in [6.45, 7) is 0.850. The van der Waals surface area contributed by atoms with Crippen LogP contribution < -0.4 is 0 Å². The molecular weight excluding hydrogens is 368 g/mol. The van der Waals surface area contributed by atoms with Crippen molar-refractivity contribution in [1.29, 1.82) is 0 Å². The zero-order valence-electron chi connectivity index (χ0n) is 16.6. The first-order chi connectivity index (χ1) is 14.1. The van der Waals surface area contributed by atoms with E-state index < -0.39 is 5.97 Å². The molecule has 0 saturated carbocycles. The molecule has 1 unspecified atom stereocenters. The van der Waals surface area contributed by atoms with E-state index in [1.54, 1.807) is 18.3 Å². The van der Waals surface area contributed by atoms with Crippen molar-refractivity contribution in [3.63, 3.8) is 0 Å². The minimum atomic E-state index is -0.513. The van der Waals surface area contributed by atoms with Gasteiger partial charge in [-0.1, -0.05) is 30.3 Å². The fraction of sp³-hybridized carbons (Fsp3) is 0.318. The number of fused-ring (bicyclic) bond motifs is 1. The van der Waals surface area contributed by atoms with Gasteiger partial charge in [0.25, 0.3) is 0 Å². The summed E-state index contributed by atoms with van der Waals surface area (Å²) in [6, 6.07) is 13.9. The van der Waals surface area contributed by atoms with Gasteiger partial charge in [-0.25, -0.2) is 9.78 Å². The molecule has 0 fully saturated rings. The molecule has 0 saturated heterocycles. The highest BCUT2D eigenvalue weighted by molar-refractivity contribution is 5.92. The number of aromatic hydroxyl groups is 1. The van der Waals surface area contributed by atoms with Gasteiger partial charge in [0, 0.05) is 24.3 Å². The average Bonchev–Trinajstić information content (AvgIpc) is 3.09. The first-order valence-corrected chi connectivity index (χ1v) is 9.66. The number of ether oxygens (including phenoxy) is 1. The quantitative estimate of drug-likeness (QED) is 0.673. The fourth-order valence-corrected chi connectivity index (χ4v) is 3.90. The molecule has 0 bridgehead atoms. The van der Waals surface area contributed by atoms with Crippen molar-refractivity contribution >= 4 is 5.97 Å². The highest BCUT2D eigenvalue weighted by atomic mass is 16.5. The lowest BCUT2D eigenvalue weighted by Gasteiger charge is -2.30. The summed E-state index contributed by atoms with van der Waals surface area (Å²) in [5.74, 6) is -0.191. The van der Waals surface area contributed by atoms with Gasteiger partial charge >= 0.3 is 5.97 Å².